The molecule has 0 heterocycles. The topological polar surface area (TPSA) is 204 Å². The number of nitrogens with one attached hydrogen (secondary N) is 1. The van der Waals surface area contributed by atoms with Crippen molar-refractivity contribution < 1.29 is 57.7 Å². The van der Waals surface area contributed by atoms with E-state index >= 15 is 0 Å². The molecular formula is C24H28CrN3O8S+. The Hall–Kier alpha value is -3.12. The standard InChI is InChI=1S/C20H14N2O5S.C4H11NO2.Cr.H2O/c23-16-10-9-12-5-1-2-6-13(12)19(16)21-22-20-15-8-4-3-7-14(15)18(11-17(20)24)28(25,26)27;6-3-1-5-2-4-7;;/h1-11,23-24H,(H,25,26,27);5-7H,1-4H2;;1H2/p+1. The second kappa shape index (κ2) is 14.6. The SMILES string of the molecule is O.O=S(=O)(O)c1cc(O)c(N=Nc2c(O)ccc3ccccc23)c2ccccc12.OCCNCCO.[Cr].[H+]. The van der Waals surface area contributed by atoms with Crippen molar-refractivity contribution in [2.45, 2.75) is 4.90 Å². The van der Waals surface area contributed by atoms with Gasteiger partial charge in [-0.1, -0.05) is 54.6 Å². The molecule has 8 N–H and O–H groups in total. The molecule has 0 aliphatic heterocycles. The Bertz CT molecular complexity index is 1470. The van der Waals surface area contributed by atoms with E-state index in [9.17, 15) is 23.2 Å². The Morgan fingerprint density at radius 2 is 1.27 bits per heavy atom. The normalized spacial score (nSPS) is 11.0. The van der Waals surface area contributed by atoms with Crippen molar-refractivity contribution >= 4 is 43.0 Å². The molecule has 0 aromatic heterocycles. The van der Waals surface area contributed by atoms with Crippen molar-refractivity contribution in [2.75, 3.05) is 26.3 Å². The first-order valence-electron chi connectivity index (χ1n) is 10.5. The number of phenols is 2. The predicted molar refractivity (Wildman–Crippen MR) is 137 cm³/mol. The Morgan fingerprint density at radius 3 is 1.84 bits per heavy atom. The van der Waals surface area contributed by atoms with Gasteiger partial charge in [-0.3, -0.25) is 4.55 Å². The largest absolute Gasteiger partial charge is 1.00 e. The van der Waals surface area contributed by atoms with Gasteiger partial charge in [0.25, 0.3) is 10.1 Å². The minimum absolute atomic E-state index is 0. The molecule has 0 radical (unpaired) electrons. The molecule has 4 aromatic rings. The molecule has 0 spiro atoms. The van der Waals surface area contributed by atoms with Gasteiger partial charge in [-0.2, -0.15) is 8.42 Å². The molecule has 0 aliphatic rings. The van der Waals surface area contributed by atoms with Crippen LogP contribution in [0, 0.1) is 0 Å². The number of benzene rings is 4. The number of aliphatic hydroxyl groups excluding tert-OH is 2. The van der Waals surface area contributed by atoms with Gasteiger partial charge in [0.15, 0.2) is 0 Å². The molecule has 0 saturated heterocycles. The van der Waals surface area contributed by atoms with E-state index in [1.807, 2.05) is 12.1 Å². The van der Waals surface area contributed by atoms with Gasteiger partial charge in [-0.25, -0.2) is 0 Å². The van der Waals surface area contributed by atoms with Crippen LogP contribution in [0.4, 0.5) is 11.4 Å². The summed E-state index contributed by atoms with van der Waals surface area (Å²) in [5.41, 5.74) is 0.246. The fourth-order valence-electron chi connectivity index (χ4n) is 3.36. The zero-order valence-electron chi connectivity index (χ0n) is 20.4. The number of aromatic hydroxyl groups is 2. The molecule has 4 rings (SSSR count). The maximum atomic E-state index is 11.6. The number of phenolic OH excluding ortho intramolecular Hbond substituents is 2. The maximum absolute atomic E-state index is 11.6. The van der Waals surface area contributed by atoms with Crippen LogP contribution in [0.15, 0.2) is 81.9 Å². The average Bonchev–Trinajstić information content (AvgIpc) is 2.84. The summed E-state index contributed by atoms with van der Waals surface area (Å²) in [5, 5.41) is 49.8. The van der Waals surface area contributed by atoms with Crippen LogP contribution < -0.4 is 5.32 Å². The van der Waals surface area contributed by atoms with Crippen molar-refractivity contribution in [1.82, 2.24) is 5.32 Å². The van der Waals surface area contributed by atoms with Crippen molar-refractivity contribution in [2.24, 2.45) is 10.2 Å². The molecule has 0 bridgehead atoms. The van der Waals surface area contributed by atoms with Gasteiger partial charge >= 0.3 is 1.43 Å². The first kappa shape index (κ1) is 31.9. The summed E-state index contributed by atoms with van der Waals surface area (Å²) in [4.78, 5) is -0.424. The van der Waals surface area contributed by atoms with E-state index in [1.165, 1.54) is 12.1 Å². The number of hydrogen-bond acceptors (Lipinski definition) is 9. The van der Waals surface area contributed by atoms with E-state index in [4.69, 9.17) is 10.2 Å². The molecule has 198 valence electrons. The Balaban J connectivity index is 0.00000122. The molecule has 0 saturated carbocycles. The second-order valence-electron chi connectivity index (χ2n) is 7.31. The summed E-state index contributed by atoms with van der Waals surface area (Å²) in [6.45, 7) is 1.42. The number of nitrogens with zero attached hydrogens (tertiary/aromatic N) is 2. The van der Waals surface area contributed by atoms with Crippen LogP contribution in [0.25, 0.3) is 21.5 Å². The smallest absolute Gasteiger partial charge is 0.506 e. The van der Waals surface area contributed by atoms with E-state index in [-0.39, 0.29) is 60.0 Å². The zero-order valence-corrected chi connectivity index (χ0v) is 21.5. The van der Waals surface area contributed by atoms with E-state index in [2.05, 4.69) is 15.5 Å². The zero-order chi connectivity index (χ0) is 25.4. The molecule has 13 heteroatoms. The van der Waals surface area contributed by atoms with E-state index in [1.54, 1.807) is 36.4 Å². The Kier molecular flexibility index (Phi) is 12.6. The number of hydrogen-bond donors (Lipinski definition) is 6. The van der Waals surface area contributed by atoms with Crippen LogP contribution in [0.1, 0.15) is 1.43 Å². The number of rotatable bonds is 7. The minimum Gasteiger partial charge on any atom is -0.506 e. The summed E-state index contributed by atoms with van der Waals surface area (Å²) in [7, 11) is -4.54. The minimum atomic E-state index is -4.54. The molecule has 37 heavy (non-hydrogen) atoms. The first-order valence-corrected chi connectivity index (χ1v) is 12.0. The molecule has 0 fully saturated rings. The summed E-state index contributed by atoms with van der Waals surface area (Å²) >= 11 is 0. The predicted octanol–water partition coefficient (Wildman–Crippen LogP) is 2.91. The number of aliphatic hydroxyl groups is 2. The summed E-state index contributed by atoms with van der Waals surface area (Å²) in [6, 6.07) is 17.8. The van der Waals surface area contributed by atoms with E-state index in [0.29, 0.717) is 23.9 Å². The summed E-state index contributed by atoms with van der Waals surface area (Å²) in [5.74, 6) is -0.546. The first-order chi connectivity index (χ1) is 16.8. The van der Waals surface area contributed by atoms with Crippen molar-refractivity contribution in [3.63, 3.8) is 0 Å². The van der Waals surface area contributed by atoms with Gasteiger partial charge in [0.05, 0.1) is 13.2 Å². The average molecular weight is 571 g/mol. The monoisotopic (exact) mass is 570 g/mol. The van der Waals surface area contributed by atoms with Gasteiger partial charge in [-0.05, 0) is 11.5 Å². The molecular weight excluding hydrogens is 542 g/mol. The second-order valence-corrected chi connectivity index (χ2v) is 8.70. The Morgan fingerprint density at radius 1 is 0.757 bits per heavy atom. The summed E-state index contributed by atoms with van der Waals surface area (Å²) in [6.07, 6.45) is 0. The molecule has 0 aliphatic carbocycles. The third kappa shape index (κ3) is 7.93. The van der Waals surface area contributed by atoms with Crippen LogP contribution in [-0.2, 0) is 27.5 Å². The van der Waals surface area contributed by atoms with Gasteiger partial charge in [-0.15, -0.1) is 10.2 Å². The van der Waals surface area contributed by atoms with Crippen LogP contribution in [-0.4, -0.2) is 65.2 Å². The van der Waals surface area contributed by atoms with Crippen LogP contribution in [0.5, 0.6) is 11.5 Å². The van der Waals surface area contributed by atoms with Crippen LogP contribution in [0.2, 0.25) is 0 Å². The Labute approximate surface area is 225 Å². The molecule has 0 unspecified atom stereocenters. The van der Waals surface area contributed by atoms with Gasteiger partial charge in [0, 0.05) is 52.7 Å². The van der Waals surface area contributed by atoms with Gasteiger partial charge in [0.2, 0.25) is 0 Å². The third-order valence-electron chi connectivity index (χ3n) is 4.94. The van der Waals surface area contributed by atoms with Crippen LogP contribution in [0.3, 0.4) is 0 Å². The number of fused-ring (bicyclic) bond motifs is 2. The van der Waals surface area contributed by atoms with E-state index in [0.717, 1.165) is 11.5 Å². The number of azo groups is 1. The van der Waals surface area contributed by atoms with Crippen LogP contribution >= 0.6 is 0 Å². The van der Waals surface area contributed by atoms with E-state index < -0.39 is 20.8 Å². The maximum Gasteiger partial charge on any atom is 1.00 e. The molecule has 0 amide bonds. The fraction of sp³-hybridized carbons (Fsp3) is 0.167. The molecule has 11 nitrogen and oxygen atoms in total. The third-order valence-corrected chi connectivity index (χ3v) is 5.84. The van der Waals surface area contributed by atoms with Crippen molar-refractivity contribution in [3.8, 4) is 11.5 Å². The van der Waals surface area contributed by atoms with Crippen molar-refractivity contribution in [3.05, 3.63) is 66.7 Å². The van der Waals surface area contributed by atoms with Gasteiger partial charge in [0.1, 0.15) is 27.8 Å². The fourth-order valence-corrected chi connectivity index (χ4v) is 4.08. The molecule has 4 aromatic carbocycles. The summed E-state index contributed by atoms with van der Waals surface area (Å²) < 4.78 is 32.7. The quantitative estimate of drug-likeness (QED) is 0.110. The van der Waals surface area contributed by atoms with Gasteiger partial charge < -0.3 is 31.2 Å². The van der Waals surface area contributed by atoms with Crippen molar-refractivity contribution in [1.29, 1.82) is 0 Å². The molecule has 0 atom stereocenters.